The van der Waals surface area contributed by atoms with Crippen molar-refractivity contribution in [1.29, 1.82) is 0 Å². The summed E-state index contributed by atoms with van der Waals surface area (Å²) >= 11 is 5.88. The predicted molar refractivity (Wildman–Crippen MR) is 135 cm³/mol. The van der Waals surface area contributed by atoms with E-state index in [1.807, 2.05) is 6.07 Å². The molecule has 0 unspecified atom stereocenters. The molecule has 4 rings (SSSR count). The van der Waals surface area contributed by atoms with Gasteiger partial charge in [-0.05, 0) is 31.2 Å². The number of halogens is 1. The average Bonchev–Trinajstić information content (AvgIpc) is 3.30. The van der Waals surface area contributed by atoms with Crippen molar-refractivity contribution in [3.05, 3.63) is 71.8 Å². The predicted octanol–water partition coefficient (Wildman–Crippen LogP) is 3.90. The number of hydrogen-bond acceptors (Lipinski definition) is 9. The summed E-state index contributed by atoms with van der Waals surface area (Å²) in [5, 5.41) is 8.17. The van der Waals surface area contributed by atoms with Crippen molar-refractivity contribution in [3.8, 4) is 28.6 Å². The molecular formula is C24H25ClN6O4S. The van der Waals surface area contributed by atoms with Crippen LogP contribution in [-0.4, -0.2) is 57.6 Å². The number of para-hydroxylation sites is 1. The lowest BCUT2D eigenvalue weighted by Gasteiger charge is -2.20. The zero-order valence-electron chi connectivity index (χ0n) is 20.2. The highest BCUT2D eigenvalue weighted by Crippen LogP contribution is 2.37. The van der Waals surface area contributed by atoms with Crippen LogP contribution in [-0.2, 0) is 15.6 Å². The monoisotopic (exact) mass is 528 g/mol. The molecule has 12 heteroatoms. The minimum atomic E-state index is -3.74. The summed E-state index contributed by atoms with van der Waals surface area (Å²) in [7, 11) is -0.690. The Kier molecular flexibility index (Phi) is 7.51. The first-order chi connectivity index (χ1) is 17.3. The lowest BCUT2D eigenvalue weighted by molar-refractivity contribution is 0.390. The minimum absolute atomic E-state index is 0.202. The van der Waals surface area contributed by atoms with Crippen molar-refractivity contribution >= 4 is 21.4 Å². The van der Waals surface area contributed by atoms with Crippen LogP contribution in [0.3, 0.4) is 0 Å². The molecule has 0 fully saturated rings. The number of pyridine rings is 1. The Morgan fingerprint density at radius 1 is 0.972 bits per heavy atom. The maximum atomic E-state index is 13.6. The van der Waals surface area contributed by atoms with Crippen LogP contribution in [0.4, 0.5) is 0 Å². The summed E-state index contributed by atoms with van der Waals surface area (Å²) in [6.45, 7) is 3.39. The Morgan fingerprint density at radius 3 is 2.22 bits per heavy atom. The summed E-state index contributed by atoms with van der Waals surface area (Å²) < 4.78 is 40.0. The van der Waals surface area contributed by atoms with Crippen LogP contribution >= 0.6 is 11.6 Å². The number of ether oxygens (including phenoxy) is 2. The third-order valence-electron chi connectivity index (χ3n) is 5.92. The molecule has 0 amide bonds. The van der Waals surface area contributed by atoms with Crippen LogP contribution < -0.4 is 9.47 Å². The van der Waals surface area contributed by atoms with Crippen molar-refractivity contribution < 1.29 is 17.9 Å². The van der Waals surface area contributed by atoms with Gasteiger partial charge in [-0.1, -0.05) is 24.6 Å². The highest BCUT2D eigenvalue weighted by atomic mass is 35.5. The highest BCUT2D eigenvalue weighted by molar-refractivity contribution is 7.91. The van der Waals surface area contributed by atoms with Crippen LogP contribution in [0.15, 0.2) is 55.1 Å². The Labute approximate surface area is 214 Å². The summed E-state index contributed by atoms with van der Waals surface area (Å²) in [6, 6.07) is 8.87. The van der Waals surface area contributed by atoms with E-state index in [9.17, 15) is 8.42 Å². The van der Waals surface area contributed by atoms with E-state index < -0.39 is 21.0 Å². The van der Waals surface area contributed by atoms with Gasteiger partial charge in [0.1, 0.15) is 28.8 Å². The molecule has 0 aliphatic heterocycles. The third-order valence-corrected chi connectivity index (χ3v) is 8.32. The Balaban J connectivity index is 1.81. The molecule has 0 bridgehead atoms. The van der Waals surface area contributed by atoms with E-state index in [1.165, 1.54) is 26.6 Å². The first-order valence-corrected chi connectivity index (χ1v) is 13.1. The third kappa shape index (κ3) is 5.02. The molecule has 4 aromatic rings. The molecule has 188 valence electrons. The number of sulfone groups is 1. The fourth-order valence-electron chi connectivity index (χ4n) is 3.77. The van der Waals surface area contributed by atoms with E-state index >= 15 is 0 Å². The highest BCUT2D eigenvalue weighted by Gasteiger charge is 2.33. The number of methoxy groups -OCH3 is 2. The second-order valence-electron chi connectivity index (χ2n) is 8.09. The molecule has 0 spiro atoms. The van der Waals surface area contributed by atoms with Crippen LogP contribution in [0, 0.1) is 0 Å². The van der Waals surface area contributed by atoms with Gasteiger partial charge in [0.05, 0.1) is 24.5 Å². The molecule has 2 atom stereocenters. The number of hydrogen-bond donors (Lipinski definition) is 0. The molecule has 0 N–H and O–H groups in total. The van der Waals surface area contributed by atoms with Gasteiger partial charge in [-0.15, -0.1) is 10.2 Å². The lowest BCUT2D eigenvalue weighted by atomic mass is 10.1. The quantitative estimate of drug-likeness (QED) is 0.318. The smallest absolute Gasteiger partial charge is 0.170 e. The van der Waals surface area contributed by atoms with Gasteiger partial charge in [0, 0.05) is 36.3 Å². The molecule has 0 aliphatic rings. The number of rotatable bonds is 9. The number of benzene rings is 1. The molecular weight excluding hydrogens is 504 g/mol. The van der Waals surface area contributed by atoms with Gasteiger partial charge in [0.2, 0.25) is 0 Å². The second kappa shape index (κ2) is 10.6. The van der Waals surface area contributed by atoms with E-state index in [-0.39, 0.29) is 11.6 Å². The van der Waals surface area contributed by atoms with E-state index in [0.29, 0.717) is 39.4 Å². The fourth-order valence-corrected chi connectivity index (χ4v) is 5.42. The van der Waals surface area contributed by atoms with Crippen LogP contribution in [0.1, 0.15) is 31.4 Å². The van der Waals surface area contributed by atoms with E-state index in [4.69, 9.17) is 21.1 Å². The SMILES string of the molecule is COc1cccc(OC)c1-n1c(CS(=O)(=O)[C@H](C)[C@@H](C)c2ncc(Cl)cn2)nnc1-c1cccnc1. The van der Waals surface area contributed by atoms with Crippen molar-refractivity contribution in [3.63, 3.8) is 0 Å². The molecule has 3 heterocycles. The molecule has 0 aliphatic carbocycles. The summed E-state index contributed by atoms with van der Waals surface area (Å²) in [5.41, 5.74) is 1.14. The molecule has 0 radical (unpaired) electrons. The molecule has 10 nitrogen and oxygen atoms in total. The number of aromatic nitrogens is 6. The van der Waals surface area contributed by atoms with Gasteiger partial charge < -0.3 is 9.47 Å². The van der Waals surface area contributed by atoms with E-state index in [1.54, 1.807) is 55.1 Å². The Morgan fingerprint density at radius 2 is 1.64 bits per heavy atom. The van der Waals surface area contributed by atoms with Gasteiger partial charge in [-0.3, -0.25) is 9.55 Å². The minimum Gasteiger partial charge on any atom is -0.494 e. The maximum Gasteiger partial charge on any atom is 0.170 e. The molecule has 0 saturated heterocycles. The van der Waals surface area contributed by atoms with E-state index in [0.717, 1.165) is 0 Å². The van der Waals surface area contributed by atoms with Crippen molar-refractivity contribution in [1.82, 2.24) is 29.7 Å². The molecule has 1 aromatic carbocycles. The Bertz CT molecular complexity index is 1420. The normalized spacial score (nSPS) is 13.2. The zero-order valence-corrected chi connectivity index (χ0v) is 21.7. The molecule has 0 saturated carbocycles. The number of nitrogens with zero attached hydrogens (tertiary/aromatic N) is 6. The second-order valence-corrected chi connectivity index (χ2v) is 10.9. The van der Waals surface area contributed by atoms with Crippen LogP contribution in [0.5, 0.6) is 11.5 Å². The van der Waals surface area contributed by atoms with Gasteiger partial charge in [-0.25, -0.2) is 18.4 Å². The largest absolute Gasteiger partial charge is 0.494 e. The van der Waals surface area contributed by atoms with Crippen LogP contribution in [0.25, 0.3) is 17.1 Å². The van der Waals surface area contributed by atoms with Gasteiger partial charge in [0.25, 0.3) is 0 Å². The first kappa shape index (κ1) is 25.5. The topological polar surface area (TPSA) is 122 Å². The molecule has 3 aromatic heterocycles. The van der Waals surface area contributed by atoms with Gasteiger partial charge in [0.15, 0.2) is 21.5 Å². The fraction of sp³-hybridized carbons (Fsp3) is 0.292. The standard InChI is InChI=1S/C24H25ClN6O4S/c1-15(23-27-12-18(25)13-28-23)16(2)36(32,33)14-21-29-30-24(17-7-6-10-26-11-17)31(21)22-19(34-3)8-5-9-20(22)35-4/h5-13,15-16H,14H2,1-4H3/t15-,16-/m1/s1. The van der Waals surface area contributed by atoms with Crippen molar-refractivity contribution in [2.24, 2.45) is 0 Å². The van der Waals surface area contributed by atoms with Crippen molar-refractivity contribution in [2.45, 2.75) is 30.8 Å². The first-order valence-electron chi connectivity index (χ1n) is 11.0. The van der Waals surface area contributed by atoms with Gasteiger partial charge in [-0.2, -0.15) is 0 Å². The summed E-state index contributed by atoms with van der Waals surface area (Å²) in [5.74, 6) is 1.05. The Hall–Kier alpha value is -3.57. The summed E-state index contributed by atoms with van der Waals surface area (Å²) in [6.07, 6.45) is 6.17. The zero-order chi connectivity index (χ0) is 25.9. The van der Waals surface area contributed by atoms with Crippen molar-refractivity contribution in [2.75, 3.05) is 14.2 Å². The van der Waals surface area contributed by atoms with E-state index in [2.05, 4.69) is 25.1 Å². The lowest BCUT2D eigenvalue weighted by Crippen LogP contribution is -2.27. The summed E-state index contributed by atoms with van der Waals surface area (Å²) in [4.78, 5) is 12.6. The van der Waals surface area contributed by atoms with Crippen LogP contribution in [0.2, 0.25) is 5.02 Å². The maximum absolute atomic E-state index is 13.6. The molecule has 36 heavy (non-hydrogen) atoms. The average molecular weight is 529 g/mol. The van der Waals surface area contributed by atoms with Gasteiger partial charge >= 0.3 is 0 Å².